The summed E-state index contributed by atoms with van der Waals surface area (Å²) in [6.45, 7) is 9.79. The fourth-order valence-electron chi connectivity index (χ4n) is 2.72. The first kappa shape index (κ1) is 17.7. The van der Waals surface area contributed by atoms with E-state index >= 15 is 0 Å². The molecule has 124 valence electrons. The molecule has 2 rings (SSSR count). The number of hydrogen-bond donors (Lipinski definition) is 2. The van der Waals surface area contributed by atoms with Gasteiger partial charge in [-0.05, 0) is 50.4 Å². The van der Waals surface area contributed by atoms with Crippen LogP contribution < -0.4 is 5.32 Å². The lowest BCUT2D eigenvalue weighted by Crippen LogP contribution is -2.49. The van der Waals surface area contributed by atoms with Gasteiger partial charge in [-0.15, -0.1) is 0 Å². The minimum atomic E-state index is -0.630. The molecule has 1 atom stereocenters. The quantitative estimate of drug-likeness (QED) is 0.842. The summed E-state index contributed by atoms with van der Waals surface area (Å²) in [6, 6.07) is 8.59. The number of nitrogens with one attached hydrogen (secondary N) is 1. The Balaban J connectivity index is 1.75. The van der Waals surface area contributed by atoms with E-state index in [-0.39, 0.29) is 5.92 Å². The van der Waals surface area contributed by atoms with Crippen LogP contribution in [0.4, 0.5) is 0 Å². The van der Waals surface area contributed by atoms with Crippen LogP contribution in [-0.4, -0.2) is 41.3 Å². The average molecular weight is 325 g/mol. The van der Waals surface area contributed by atoms with Crippen LogP contribution in [0.1, 0.15) is 39.2 Å². The molecule has 0 saturated carbocycles. The smallest absolute Gasteiger partial charge is 0.0766 e. The average Bonchev–Trinajstić information content (AvgIpc) is 2.49. The molecule has 0 radical (unpaired) electrons. The third-order valence-corrected chi connectivity index (χ3v) is 5.30. The van der Waals surface area contributed by atoms with Crippen LogP contribution in [0.5, 0.6) is 0 Å². The summed E-state index contributed by atoms with van der Waals surface area (Å²) in [5.74, 6) is 0.264. The molecule has 1 saturated heterocycles. The SMILES string of the molecule is CC(C)C(C)(O)CNC1CCN(Cc2ccccc2Cl)CC1. The van der Waals surface area contributed by atoms with E-state index in [2.05, 4.69) is 30.1 Å². The molecule has 3 nitrogen and oxygen atoms in total. The summed E-state index contributed by atoms with van der Waals surface area (Å²) in [7, 11) is 0. The Morgan fingerprint density at radius 3 is 2.55 bits per heavy atom. The second-order valence-corrected chi connectivity index (χ2v) is 7.44. The summed E-state index contributed by atoms with van der Waals surface area (Å²) in [6.07, 6.45) is 2.25. The molecule has 1 aliphatic heterocycles. The van der Waals surface area contributed by atoms with E-state index in [1.807, 2.05) is 25.1 Å². The van der Waals surface area contributed by atoms with Crippen molar-refractivity contribution in [1.29, 1.82) is 0 Å². The zero-order valence-electron chi connectivity index (χ0n) is 14.0. The summed E-state index contributed by atoms with van der Waals surface area (Å²) in [5, 5.41) is 14.7. The van der Waals surface area contributed by atoms with Crippen LogP contribution in [0.2, 0.25) is 5.02 Å². The van der Waals surface area contributed by atoms with Gasteiger partial charge in [-0.3, -0.25) is 4.90 Å². The maximum absolute atomic E-state index is 10.3. The molecule has 1 unspecified atom stereocenters. The van der Waals surface area contributed by atoms with Gasteiger partial charge in [0.05, 0.1) is 5.60 Å². The summed E-state index contributed by atoms with van der Waals surface area (Å²) in [5.41, 5.74) is 0.577. The van der Waals surface area contributed by atoms with Gasteiger partial charge in [0.1, 0.15) is 0 Å². The predicted octanol–water partition coefficient (Wildman–Crippen LogP) is 3.30. The van der Waals surface area contributed by atoms with Gasteiger partial charge in [0, 0.05) is 24.2 Å². The van der Waals surface area contributed by atoms with Crippen LogP contribution in [0.15, 0.2) is 24.3 Å². The topological polar surface area (TPSA) is 35.5 Å². The van der Waals surface area contributed by atoms with Gasteiger partial charge < -0.3 is 10.4 Å². The molecule has 1 fully saturated rings. The molecule has 4 heteroatoms. The zero-order valence-corrected chi connectivity index (χ0v) is 14.7. The Bertz CT molecular complexity index is 468. The van der Waals surface area contributed by atoms with Gasteiger partial charge in [-0.1, -0.05) is 43.6 Å². The molecule has 22 heavy (non-hydrogen) atoms. The van der Waals surface area contributed by atoms with Crippen LogP contribution in [0.3, 0.4) is 0 Å². The Morgan fingerprint density at radius 2 is 1.95 bits per heavy atom. The highest BCUT2D eigenvalue weighted by atomic mass is 35.5. The van der Waals surface area contributed by atoms with Crippen LogP contribution in [0, 0.1) is 5.92 Å². The lowest BCUT2D eigenvalue weighted by atomic mass is 9.92. The predicted molar refractivity (Wildman–Crippen MR) is 93.2 cm³/mol. The molecule has 0 bridgehead atoms. The minimum absolute atomic E-state index is 0.264. The largest absolute Gasteiger partial charge is 0.389 e. The first-order valence-corrected chi connectivity index (χ1v) is 8.68. The van der Waals surface area contributed by atoms with Crippen molar-refractivity contribution in [1.82, 2.24) is 10.2 Å². The monoisotopic (exact) mass is 324 g/mol. The molecule has 0 spiro atoms. The number of aliphatic hydroxyl groups is 1. The first-order chi connectivity index (χ1) is 10.4. The Kier molecular flexibility index (Phi) is 6.27. The molecule has 0 aliphatic carbocycles. The Hall–Kier alpha value is -0.610. The molecular formula is C18H29ClN2O. The summed E-state index contributed by atoms with van der Waals surface area (Å²) < 4.78 is 0. The standard InChI is InChI=1S/C18H29ClN2O/c1-14(2)18(3,22)13-20-16-8-10-21(11-9-16)12-15-6-4-5-7-17(15)19/h4-7,14,16,20,22H,8-13H2,1-3H3. The number of likely N-dealkylation sites (tertiary alicyclic amines) is 1. The van der Waals surface area contributed by atoms with Gasteiger partial charge >= 0.3 is 0 Å². The van der Waals surface area contributed by atoms with Crippen molar-refractivity contribution >= 4 is 11.6 Å². The first-order valence-electron chi connectivity index (χ1n) is 8.30. The number of nitrogens with zero attached hydrogens (tertiary/aromatic N) is 1. The van der Waals surface area contributed by atoms with E-state index in [9.17, 15) is 5.11 Å². The normalized spacial score (nSPS) is 20.3. The fraction of sp³-hybridized carbons (Fsp3) is 0.667. The molecule has 0 amide bonds. The Labute approximate surface area is 139 Å². The highest BCUT2D eigenvalue weighted by Crippen LogP contribution is 2.20. The van der Waals surface area contributed by atoms with Crippen molar-refractivity contribution in [3.8, 4) is 0 Å². The fourth-order valence-corrected chi connectivity index (χ4v) is 2.91. The number of hydrogen-bond acceptors (Lipinski definition) is 3. The van der Waals surface area contributed by atoms with Crippen molar-refractivity contribution in [3.63, 3.8) is 0 Å². The third kappa shape index (κ3) is 4.95. The van der Waals surface area contributed by atoms with E-state index in [0.29, 0.717) is 12.6 Å². The molecule has 1 heterocycles. The maximum Gasteiger partial charge on any atom is 0.0766 e. The van der Waals surface area contributed by atoms with E-state index < -0.39 is 5.60 Å². The summed E-state index contributed by atoms with van der Waals surface area (Å²) >= 11 is 6.23. The highest BCUT2D eigenvalue weighted by Gasteiger charge is 2.27. The second kappa shape index (κ2) is 7.78. The van der Waals surface area contributed by atoms with Gasteiger partial charge in [-0.25, -0.2) is 0 Å². The van der Waals surface area contributed by atoms with Gasteiger partial charge in [0.2, 0.25) is 0 Å². The summed E-state index contributed by atoms with van der Waals surface area (Å²) in [4.78, 5) is 2.46. The van der Waals surface area contributed by atoms with Crippen molar-refractivity contribution in [3.05, 3.63) is 34.9 Å². The Morgan fingerprint density at radius 1 is 1.32 bits per heavy atom. The molecule has 1 aromatic carbocycles. The van der Waals surface area contributed by atoms with Crippen molar-refractivity contribution in [2.24, 2.45) is 5.92 Å². The van der Waals surface area contributed by atoms with Crippen molar-refractivity contribution in [2.45, 2.75) is 51.8 Å². The van der Waals surface area contributed by atoms with Crippen LogP contribution in [-0.2, 0) is 6.54 Å². The highest BCUT2D eigenvalue weighted by molar-refractivity contribution is 6.31. The minimum Gasteiger partial charge on any atom is -0.389 e. The lowest BCUT2D eigenvalue weighted by molar-refractivity contribution is 0.00955. The molecular weight excluding hydrogens is 296 g/mol. The lowest BCUT2D eigenvalue weighted by Gasteiger charge is -2.35. The van der Waals surface area contributed by atoms with E-state index in [1.165, 1.54) is 5.56 Å². The van der Waals surface area contributed by atoms with Gasteiger partial charge in [-0.2, -0.15) is 0 Å². The second-order valence-electron chi connectivity index (χ2n) is 7.03. The molecule has 1 aromatic rings. The number of halogens is 1. The van der Waals surface area contributed by atoms with Crippen LogP contribution in [0.25, 0.3) is 0 Å². The number of piperidine rings is 1. The zero-order chi connectivity index (χ0) is 16.2. The number of benzene rings is 1. The van der Waals surface area contributed by atoms with E-state index in [4.69, 9.17) is 11.6 Å². The maximum atomic E-state index is 10.3. The third-order valence-electron chi connectivity index (χ3n) is 4.93. The van der Waals surface area contributed by atoms with E-state index in [0.717, 1.165) is 37.5 Å². The van der Waals surface area contributed by atoms with E-state index in [1.54, 1.807) is 0 Å². The van der Waals surface area contributed by atoms with Crippen molar-refractivity contribution < 1.29 is 5.11 Å². The van der Waals surface area contributed by atoms with Gasteiger partial charge in [0.15, 0.2) is 0 Å². The molecule has 2 N–H and O–H groups in total. The van der Waals surface area contributed by atoms with Gasteiger partial charge in [0.25, 0.3) is 0 Å². The molecule has 1 aliphatic rings. The number of rotatable bonds is 6. The van der Waals surface area contributed by atoms with Crippen LogP contribution >= 0.6 is 11.6 Å². The van der Waals surface area contributed by atoms with Crippen molar-refractivity contribution in [2.75, 3.05) is 19.6 Å². The molecule has 0 aromatic heterocycles.